The molecular weight excluding hydrogens is 528 g/mol. The number of hydrogen-bond acceptors (Lipinski definition) is 5. The first-order chi connectivity index (χ1) is 18.9. The lowest BCUT2D eigenvalue weighted by molar-refractivity contribution is -0.113. The van der Waals surface area contributed by atoms with E-state index in [1.54, 1.807) is 0 Å². The van der Waals surface area contributed by atoms with Crippen LogP contribution in [0.4, 0.5) is 0 Å². The highest BCUT2D eigenvalue weighted by Gasteiger charge is 2.30. The quantitative estimate of drug-likeness (QED) is 0.242. The van der Waals surface area contributed by atoms with Crippen molar-refractivity contribution in [3.63, 3.8) is 0 Å². The number of allylic oxidation sites excluding steroid dienone is 3. The molecule has 3 aromatic carbocycles. The van der Waals surface area contributed by atoms with E-state index in [2.05, 4.69) is 9.89 Å². The number of hydrogen-bond donors (Lipinski definition) is 0. The van der Waals surface area contributed by atoms with Crippen molar-refractivity contribution in [1.82, 2.24) is 4.90 Å². The fourth-order valence-electron chi connectivity index (χ4n) is 4.46. The Morgan fingerprint density at radius 1 is 0.897 bits per heavy atom. The Morgan fingerprint density at radius 2 is 1.46 bits per heavy atom. The first kappa shape index (κ1) is 27.1. The van der Waals surface area contributed by atoms with Crippen LogP contribution in [0.25, 0.3) is 11.1 Å². The van der Waals surface area contributed by atoms with Crippen molar-refractivity contribution in [1.29, 1.82) is 0 Å². The number of morpholine rings is 1. The molecule has 1 amide bonds. The minimum absolute atomic E-state index is 0.000105. The van der Waals surface area contributed by atoms with E-state index >= 15 is 0 Å². The topological polar surface area (TPSA) is 59.0 Å². The summed E-state index contributed by atoms with van der Waals surface area (Å²) >= 11 is 7.58. The molecule has 2 aliphatic heterocycles. The summed E-state index contributed by atoms with van der Waals surface area (Å²) in [6, 6.07) is 23.1. The first-order valence-electron chi connectivity index (χ1n) is 12.9. The van der Waals surface area contributed by atoms with Gasteiger partial charge in [0.25, 0.3) is 5.91 Å². The van der Waals surface area contributed by atoms with Crippen molar-refractivity contribution in [2.24, 2.45) is 4.99 Å². The third kappa shape index (κ3) is 6.59. The molecule has 5 nitrogen and oxygen atoms in total. The van der Waals surface area contributed by atoms with Gasteiger partial charge in [0.2, 0.25) is 0 Å². The zero-order chi connectivity index (χ0) is 27.4. The fraction of sp³-hybridized carbons (Fsp3) is 0.219. The van der Waals surface area contributed by atoms with Crippen molar-refractivity contribution in [2.45, 2.75) is 20.3 Å². The van der Waals surface area contributed by atoms with Gasteiger partial charge >= 0.3 is 0 Å². The summed E-state index contributed by atoms with van der Waals surface area (Å²) in [5.74, 6) is -0.270. The molecule has 198 valence electrons. The summed E-state index contributed by atoms with van der Waals surface area (Å²) < 4.78 is 5.48. The van der Waals surface area contributed by atoms with E-state index in [0.29, 0.717) is 47.0 Å². The molecule has 0 aromatic heterocycles. The number of benzene rings is 3. The van der Waals surface area contributed by atoms with E-state index < -0.39 is 0 Å². The molecule has 0 radical (unpaired) electrons. The van der Waals surface area contributed by atoms with Gasteiger partial charge in [0.05, 0.1) is 18.1 Å². The van der Waals surface area contributed by atoms with E-state index in [9.17, 15) is 9.59 Å². The summed E-state index contributed by atoms with van der Waals surface area (Å²) in [6.45, 7) is 6.64. The largest absolute Gasteiger partial charge is 0.378 e. The van der Waals surface area contributed by atoms with Crippen LogP contribution in [-0.4, -0.2) is 48.1 Å². The number of aryl methyl sites for hydroxylation is 2. The van der Waals surface area contributed by atoms with E-state index in [1.165, 1.54) is 11.8 Å². The minimum atomic E-state index is -0.270. The van der Waals surface area contributed by atoms with Gasteiger partial charge in [0.15, 0.2) is 11.0 Å². The summed E-state index contributed by atoms with van der Waals surface area (Å²) in [5.41, 5.74) is 6.18. The number of thioether (sulfide) groups is 1. The summed E-state index contributed by atoms with van der Waals surface area (Å²) in [4.78, 5) is 33.8. The number of carbonyl (C=O) groups excluding carboxylic acids is 2. The highest BCUT2D eigenvalue weighted by atomic mass is 35.5. The van der Waals surface area contributed by atoms with Crippen LogP contribution >= 0.6 is 23.4 Å². The molecule has 0 N–H and O–H groups in total. The van der Waals surface area contributed by atoms with Crippen LogP contribution < -0.4 is 0 Å². The Bertz CT molecular complexity index is 1470. The number of carbonyl (C=O) groups is 2. The SMILES string of the molecule is Cc1ccc(C(=O)C/C(=C/C(=C2\SC(N3CCOCC3)=NC2=O)c2ccc(C)cc2)c2ccc(Cl)cc2)cc1. The number of rotatable bonds is 6. The number of nitrogens with zero attached hydrogens (tertiary/aromatic N) is 2. The lowest BCUT2D eigenvalue weighted by Crippen LogP contribution is -2.38. The summed E-state index contributed by atoms with van der Waals surface area (Å²) in [7, 11) is 0. The van der Waals surface area contributed by atoms with Gasteiger partial charge in [-0.3, -0.25) is 9.59 Å². The second kappa shape index (κ2) is 12.2. The smallest absolute Gasteiger partial charge is 0.286 e. The Kier molecular flexibility index (Phi) is 8.46. The molecule has 0 unspecified atom stereocenters. The number of Topliss-reactive ketones (excluding diaryl/α,β-unsaturated/α-hetero) is 1. The van der Waals surface area contributed by atoms with Crippen molar-refractivity contribution in [3.8, 4) is 0 Å². The molecule has 5 rings (SSSR count). The van der Waals surface area contributed by atoms with Gasteiger partial charge in [0, 0.05) is 35.7 Å². The maximum Gasteiger partial charge on any atom is 0.286 e. The Labute approximate surface area is 238 Å². The lowest BCUT2D eigenvalue weighted by atomic mass is 9.93. The number of ether oxygens (including phenoxy) is 1. The van der Waals surface area contributed by atoms with Crippen LogP contribution in [0.3, 0.4) is 0 Å². The Morgan fingerprint density at radius 3 is 2.08 bits per heavy atom. The monoisotopic (exact) mass is 556 g/mol. The highest BCUT2D eigenvalue weighted by Crippen LogP contribution is 2.38. The molecular formula is C32H29ClN2O3S. The first-order valence-corrected chi connectivity index (χ1v) is 14.1. The molecule has 2 aliphatic rings. The average Bonchev–Trinajstić information content (AvgIpc) is 3.34. The summed E-state index contributed by atoms with van der Waals surface area (Å²) in [5, 5.41) is 1.31. The molecule has 0 bridgehead atoms. The van der Waals surface area contributed by atoms with E-state index in [-0.39, 0.29) is 18.1 Å². The van der Waals surface area contributed by atoms with Crippen molar-refractivity contribution >= 4 is 51.4 Å². The van der Waals surface area contributed by atoms with Crippen molar-refractivity contribution in [3.05, 3.63) is 117 Å². The van der Waals surface area contributed by atoms with Crippen LogP contribution in [0, 0.1) is 13.8 Å². The molecule has 0 spiro atoms. The van der Waals surface area contributed by atoms with Crippen LogP contribution in [0.2, 0.25) is 5.02 Å². The molecule has 1 fully saturated rings. The van der Waals surface area contributed by atoms with Gasteiger partial charge < -0.3 is 9.64 Å². The maximum absolute atomic E-state index is 13.4. The molecule has 39 heavy (non-hydrogen) atoms. The normalized spacial score (nSPS) is 17.3. The second-order valence-electron chi connectivity index (χ2n) is 9.65. The van der Waals surface area contributed by atoms with Crippen molar-refractivity contribution < 1.29 is 14.3 Å². The number of amidine groups is 1. The molecule has 2 heterocycles. The van der Waals surface area contributed by atoms with Crippen LogP contribution in [0.15, 0.2) is 88.8 Å². The minimum Gasteiger partial charge on any atom is -0.378 e. The van der Waals surface area contributed by atoms with Crippen LogP contribution in [0.1, 0.15) is 39.0 Å². The van der Waals surface area contributed by atoms with Gasteiger partial charge in [-0.2, -0.15) is 4.99 Å². The molecule has 0 aliphatic carbocycles. The zero-order valence-corrected chi connectivity index (χ0v) is 23.5. The Hall–Kier alpha value is -3.45. The van der Waals surface area contributed by atoms with Gasteiger partial charge in [-0.1, -0.05) is 83.4 Å². The Balaban J connectivity index is 1.59. The standard InChI is InChI=1S/C32H29ClN2O3S/c1-21-3-7-24(8-4-21)28(30-31(37)34-32(39-30)35-15-17-38-18-16-35)19-26(23-11-13-27(33)14-12-23)20-29(36)25-9-5-22(2)6-10-25/h3-14,19H,15-18,20H2,1-2H3/b26-19-,30-28+. The maximum atomic E-state index is 13.4. The molecule has 1 saturated heterocycles. The predicted octanol–water partition coefficient (Wildman–Crippen LogP) is 6.99. The number of aliphatic imine (C=N–C) groups is 1. The van der Waals surface area contributed by atoms with E-state index in [0.717, 1.165) is 33.4 Å². The van der Waals surface area contributed by atoms with Gasteiger partial charge in [-0.25, -0.2) is 0 Å². The number of halogens is 1. The van der Waals surface area contributed by atoms with Crippen molar-refractivity contribution in [2.75, 3.05) is 26.3 Å². The lowest BCUT2D eigenvalue weighted by Gasteiger charge is -2.27. The van der Waals surface area contributed by atoms with Gasteiger partial charge in [-0.05, 0) is 60.5 Å². The average molecular weight is 557 g/mol. The van der Waals surface area contributed by atoms with Gasteiger partial charge in [-0.15, -0.1) is 0 Å². The third-order valence-corrected chi connectivity index (χ3v) is 8.11. The molecule has 3 aromatic rings. The fourth-order valence-corrected chi connectivity index (χ4v) is 5.63. The predicted molar refractivity (Wildman–Crippen MR) is 160 cm³/mol. The van der Waals surface area contributed by atoms with Gasteiger partial charge in [0.1, 0.15) is 0 Å². The second-order valence-corrected chi connectivity index (χ2v) is 11.1. The van der Waals surface area contributed by atoms with E-state index in [4.69, 9.17) is 16.3 Å². The molecule has 0 saturated carbocycles. The number of ketones is 1. The third-order valence-electron chi connectivity index (χ3n) is 6.73. The highest BCUT2D eigenvalue weighted by molar-refractivity contribution is 8.18. The van der Waals surface area contributed by atoms with E-state index in [1.807, 2.05) is 92.7 Å². The van der Waals surface area contributed by atoms with Crippen LogP contribution in [0.5, 0.6) is 0 Å². The number of amides is 1. The molecule has 7 heteroatoms. The summed E-state index contributed by atoms with van der Waals surface area (Å²) in [6.07, 6.45) is 2.14. The zero-order valence-electron chi connectivity index (χ0n) is 21.9. The molecule has 0 atom stereocenters. The van der Waals surface area contributed by atoms with Crippen LogP contribution in [-0.2, 0) is 9.53 Å².